The number of aryl methyl sites for hydroxylation is 1. The Hall–Kier alpha value is -1.02. The summed E-state index contributed by atoms with van der Waals surface area (Å²) in [5.74, 6) is 1.55. The third kappa shape index (κ3) is 4.34. The Kier molecular flexibility index (Phi) is 5.21. The van der Waals surface area contributed by atoms with Crippen molar-refractivity contribution in [2.75, 3.05) is 20.2 Å². The van der Waals surface area contributed by atoms with Crippen molar-refractivity contribution in [3.05, 3.63) is 29.3 Å². The van der Waals surface area contributed by atoms with E-state index >= 15 is 0 Å². The quantitative estimate of drug-likeness (QED) is 0.862. The van der Waals surface area contributed by atoms with E-state index in [-0.39, 0.29) is 5.41 Å². The molecule has 1 N–H and O–H groups in total. The maximum absolute atomic E-state index is 6.02. The SMILES string of the molecule is CNCC(C)COc1cc(C)ccc1C(C)(C)C. The monoisotopic (exact) mass is 249 g/mol. The van der Waals surface area contributed by atoms with Gasteiger partial charge in [-0.25, -0.2) is 0 Å². The van der Waals surface area contributed by atoms with Crippen molar-refractivity contribution in [1.29, 1.82) is 0 Å². The minimum Gasteiger partial charge on any atom is -0.493 e. The molecular formula is C16H27NO. The largest absolute Gasteiger partial charge is 0.493 e. The highest BCUT2D eigenvalue weighted by molar-refractivity contribution is 5.41. The van der Waals surface area contributed by atoms with Gasteiger partial charge in [0.15, 0.2) is 0 Å². The van der Waals surface area contributed by atoms with Gasteiger partial charge in [-0.15, -0.1) is 0 Å². The summed E-state index contributed by atoms with van der Waals surface area (Å²) >= 11 is 0. The molecule has 0 amide bonds. The average Bonchev–Trinajstić information content (AvgIpc) is 2.25. The van der Waals surface area contributed by atoms with Gasteiger partial charge in [0, 0.05) is 12.5 Å². The van der Waals surface area contributed by atoms with E-state index in [1.165, 1.54) is 11.1 Å². The zero-order valence-corrected chi connectivity index (χ0v) is 12.6. The Balaban J connectivity index is 2.83. The lowest BCUT2D eigenvalue weighted by Crippen LogP contribution is -2.22. The predicted octanol–water partition coefficient (Wildman–Crippen LogP) is 3.53. The summed E-state index contributed by atoms with van der Waals surface area (Å²) < 4.78 is 6.02. The zero-order valence-electron chi connectivity index (χ0n) is 12.6. The molecule has 1 aromatic carbocycles. The van der Waals surface area contributed by atoms with Crippen LogP contribution in [0.2, 0.25) is 0 Å². The molecule has 0 fully saturated rings. The average molecular weight is 249 g/mol. The summed E-state index contributed by atoms with van der Waals surface area (Å²) in [6.07, 6.45) is 0. The minimum absolute atomic E-state index is 0.120. The van der Waals surface area contributed by atoms with E-state index in [0.717, 1.165) is 18.9 Å². The summed E-state index contributed by atoms with van der Waals surface area (Å²) in [7, 11) is 1.98. The lowest BCUT2D eigenvalue weighted by Gasteiger charge is -2.24. The summed E-state index contributed by atoms with van der Waals surface area (Å²) in [6, 6.07) is 6.49. The van der Waals surface area contributed by atoms with Crippen molar-refractivity contribution >= 4 is 0 Å². The van der Waals surface area contributed by atoms with Crippen LogP contribution in [0.15, 0.2) is 18.2 Å². The predicted molar refractivity (Wildman–Crippen MR) is 78.5 cm³/mol. The molecule has 0 saturated carbocycles. The fourth-order valence-electron chi connectivity index (χ4n) is 2.01. The molecule has 0 radical (unpaired) electrons. The van der Waals surface area contributed by atoms with Gasteiger partial charge in [-0.05, 0) is 36.6 Å². The molecule has 1 rings (SSSR count). The second kappa shape index (κ2) is 6.24. The van der Waals surface area contributed by atoms with Crippen LogP contribution < -0.4 is 10.1 Å². The third-order valence-electron chi connectivity index (χ3n) is 3.02. The van der Waals surface area contributed by atoms with Crippen molar-refractivity contribution in [2.45, 2.75) is 40.0 Å². The van der Waals surface area contributed by atoms with E-state index in [0.29, 0.717) is 5.92 Å². The normalized spacial score (nSPS) is 13.4. The zero-order chi connectivity index (χ0) is 13.8. The molecule has 2 nitrogen and oxygen atoms in total. The van der Waals surface area contributed by atoms with E-state index in [9.17, 15) is 0 Å². The lowest BCUT2D eigenvalue weighted by molar-refractivity contribution is 0.252. The van der Waals surface area contributed by atoms with Crippen molar-refractivity contribution in [2.24, 2.45) is 5.92 Å². The molecular weight excluding hydrogens is 222 g/mol. The number of ether oxygens (including phenoxy) is 1. The summed E-state index contributed by atoms with van der Waals surface area (Å²) in [5.41, 5.74) is 2.65. The molecule has 2 heteroatoms. The molecule has 0 aliphatic heterocycles. The first kappa shape index (κ1) is 15.0. The van der Waals surface area contributed by atoms with Gasteiger partial charge in [0.2, 0.25) is 0 Å². The fraction of sp³-hybridized carbons (Fsp3) is 0.625. The van der Waals surface area contributed by atoms with E-state index < -0.39 is 0 Å². The molecule has 0 aromatic heterocycles. The van der Waals surface area contributed by atoms with Crippen LogP contribution in [0.4, 0.5) is 0 Å². The molecule has 0 saturated heterocycles. The van der Waals surface area contributed by atoms with Gasteiger partial charge in [0.1, 0.15) is 5.75 Å². The van der Waals surface area contributed by atoms with Gasteiger partial charge in [0.25, 0.3) is 0 Å². The minimum atomic E-state index is 0.120. The van der Waals surface area contributed by atoms with Crippen molar-refractivity contribution in [3.8, 4) is 5.75 Å². The van der Waals surface area contributed by atoms with Gasteiger partial charge in [-0.3, -0.25) is 0 Å². The Morgan fingerprint density at radius 3 is 2.50 bits per heavy atom. The van der Waals surface area contributed by atoms with Crippen LogP contribution in [-0.4, -0.2) is 20.2 Å². The lowest BCUT2D eigenvalue weighted by atomic mass is 9.86. The molecule has 18 heavy (non-hydrogen) atoms. The first-order chi connectivity index (χ1) is 8.34. The second-order valence-corrected chi connectivity index (χ2v) is 6.22. The van der Waals surface area contributed by atoms with Crippen molar-refractivity contribution < 1.29 is 4.74 Å². The number of nitrogens with one attached hydrogen (secondary N) is 1. The first-order valence-corrected chi connectivity index (χ1v) is 6.73. The van der Waals surface area contributed by atoms with Crippen LogP contribution in [0.5, 0.6) is 5.75 Å². The molecule has 1 unspecified atom stereocenters. The van der Waals surface area contributed by atoms with Crippen LogP contribution in [0, 0.1) is 12.8 Å². The Morgan fingerprint density at radius 2 is 1.94 bits per heavy atom. The second-order valence-electron chi connectivity index (χ2n) is 6.22. The first-order valence-electron chi connectivity index (χ1n) is 6.73. The van der Waals surface area contributed by atoms with Gasteiger partial charge in [-0.2, -0.15) is 0 Å². The molecule has 0 heterocycles. The van der Waals surface area contributed by atoms with E-state index in [1.807, 2.05) is 7.05 Å². The highest BCUT2D eigenvalue weighted by atomic mass is 16.5. The van der Waals surface area contributed by atoms with E-state index in [1.54, 1.807) is 0 Å². The summed E-state index contributed by atoms with van der Waals surface area (Å²) in [4.78, 5) is 0. The van der Waals surface area contributed by atoms with Crippen LogP contribution in [0.1, 0.15) is 38.8 Å². The summed E-state index contributed by atoms with van der Waals surface area (Å²) in [5, 5.41) is 3.18. The van der Waals surface area contributed by atoms with E-state index in [4.69, 9.17) is 4.74 Å². The fourth-order valence-corrected chi connectivity index (χ4v) is 2.01. The maximum atomic E-state index is 6.02. The number of benzene rings is 1. The van der Waals surface area contributed by atoms with Gasteiger partial charge >= 0.3 is 0 Å². The smallest absolute Gasteiger partial charge is 0.123 e. The van der Waals surface area contributed by atoms with E-state index in [2.05, 4.69) is 58.1 Å². The molecule has 0 bridgehead atoms. The van der Waals surface area contributed by atoms with Gasteiger partial charge in [-0.1, -0.05) is 39.8 Å². The van der Waals surface area contributed by atoms with Gasteiger partial charge in [0.05, 0.1) is 6.61 Å². The van der Waals surface area contributed by atoms with Crippen LogP contribution in [-0.2, 0) is 5.41 Å². The van der Waals surface area contributed by atoms with Gasteiger partial charge < -0.3 is 10.1 Å². The van der Waals surface area contributed by atoms with Crippen LogP contribution in [0.25, 0.3) is 0 Å². The van der Waals surface area contributed by atoms with Crippen LogP contribution >= 0.6 is 0 Å². The standard InChI is InChI=1S/C16H27NO/c1-12-7-8-14(16(3,4)5)15(9-12)18-11-13(2)10-17-6/h7-9,13,17H,10-11H2,1-6H3. The highest BCUT2D eigenvalue weighted by Gasteiger charge is 2.19. The number of rotatable bonds is 5. The maximum Gasteiger partial charge on any atom is 0.123 e. The molecule has 102 valence electrons. The highest BCUT2D eigenvalue weighted by Crippen LogP contribution is 2.32. The Morgan fingerprint density at radius 1 is 1.28 bits per heavy atom. The molecule has 1 aromatic rings. The molecule has 1 atom stereocenters. The third-order valence-corrected chi connectivity index (χ3v) is 3.02. The summed E-state index contributed by atoms with van der Waals surface area (Å²) in [6.45, 7) is 12.7. The number of hydrogen-bond donors (Lipinski definition) is 1. The van der Waals surface area contributed by atoms with Crippen LogP contribution in [0.3, 0.4) is 0 Å². The molecule has 0 spiro atoms. The van der Waals surface area contributed by atoms with Crippen molar-refractivity contribution in [3.63, 3.8) is 0 Å². The molecule has 0 aliphatic carbocycles. The number of hydrogen-bond acceptors (Lipinski definition) is 2. The Bertz CT molecular complexity index is 379. The Labute approximate surface area is 112 Å². The topological polar surface area (TPSA) is 21.3 Å². The molecule has 0 aliphatic rings. The van der Waals surface area contributed by atoms with Crippen molar-refractivity contribution in [1.82, 2.24) is 5.32 Å².